The van der Waals surface area contributed by atoms with Gasteiger partial charge in [0.1, 0.15) is 0 Å². The molecule has 17 heavy (non-hydrogen) atoms. The average Bonchev–Trinajstić information content (AvgIpc) is 2.73. The fourth-order valence-corrected chi connectivity index (χ4v) is 2.93. The van der Waals surface area contributed by atoms with Crippen LogP contribution in [0, 0.1) is 27.7 Å². The van der Waals surface area contributed by atoms with Crippen LogP contribution in [-0.4, -0.2) is 4.98 Å². The topological polar surface area (TPSA) is 12.9 Å². The predicted octanol–water partition coefficient (Wildman–Crippen LogP) is 3.89. The van der Waals surface area contributed by atoms with E-state index in [1.165, 1.54) is 44.6 Å². The first-order chi connectivity index (χ1) is 8.11. The maximum absolute atomic E-state index is 4.57. The van der Waals surface area contributed by atoms with E-state index in [1.54, 1.807) is 0 Å². The zero-order chi connectivity index (χ0) is 12.2. The maximum atomic E-state index is 4.57. The van der Waals surface area contributed by atoms with Gasteiger partial charge >= 0.3 is 0 Å². The largest absolute Gasteiger partial charge is 0.256 e. The SMILES string of the molecule is Cc1c(C)c(C)c2c(c1C)Cc1cccnc1-2. The van der Waals surface area contributed by atoms with Gasteiger partial charge in [0.15, 0.2) is 0 Å². The van der Waals surface area contributed by atoms with E-state index in [9.17, 15) is 0 Å². The Kier molecular flexibility index (Phi) is 2.12. The third kappa shape index (κ3) is 1.28. The number of benzene rings is 1. The van der Waals surface area contributed by atoms with Crippen molar-refractivity contribution in [3.8, 4) is 11.3 Å². The molecule has 1 aromatic heterocycles. The van der Waals surface area contributed by atoms with Gasteiger partial charge in [-0.25, -0.2) is 0 Å². The molecule has 0 aliphatic heterocycles. The molecule has 3 rings (SSSR count). The van der Waals surface area contributed by atoms with E-state index in [4.69, 9.17) is 0 Å². The number of rotatable bonds is 0. The minimum Gasteiger partial charge on any atom is -0.256 e. The molecule has 1 heterocycles. The molecule has 0 radical (unpaired) electrons. The monoisotopic (exact) mass is 223 g/mol. The summed E-state index contributed by atoms with van der Waals surface area (Å²) in [7, 11) is 0. The van der Waals surface area contributed by atoms with E-state index in [0.29, 0.717) is 0 Å². The average molecular weight is 223 g/mol. The summed E-state index contributed by atoms with van der Waals surface area (Å²) in [5.74, 6) is 0. The molecule has 0 saturated heterocycles. The summed E-state index contributed by atoms with van der Waals surface area (Å²) in [6, 6.07) is 4.24. The van der Waals surface area contributed by atoms with Crippen molar-refractivity contribution in [2.45, 2.75) is 34.1 Å². The summed E-state index contributed by atoms with van der Waals surface area (Å²) in [6.45, 7) is 8.92. The van der Waals surface area contributed by atoms with Crippen LogP contribution in [0.3, 0.4) is 0 Å². The van der Waals surface area contributed by atoms with Gasteiger partial charge in [-0.2, -0.15) is 0 Å². The van der Waals surface area contributed by atoms with Crippen molar-refractivity contribution in [1.29, 1.82) is 0 Å². The van der Waals surface area contributed by atoms with Crippen molar-refractivity contribution in [3.63, 3.8) is 0 Å². The van der Waals surface area contributed by atoms with Gasteiger partial charge in [0.05, 0.1) is 5.69 Å². The molecule has 86 valence electrons. The Hall–Kier alpha value is -1.63. The highest BCUT2D eigenvalue weighted by Gasteiger charge is 2.25. The first-order valence-corrected chi connectivity index (χ1v) is 6.14. The van der Waals surface area contributed by atoms with E-state index in [1.807, 2.05) is 12.3 Å². The van der Waals surface area contributed by atoms with Crippen LogP contribution in [-0.2, 0) is 6.42 Å². The van der Waals surface area contributed by atoms with Crippen LogP contribution < -0.4 is 0 Å². The summed E-state index contributed by atoms with van der Waals surface area (Å²) < 4.78 is 0. The Morgan fingerprint density at radius 3 is 2.41 bits per heavy atom. The number of aromatic nitrogens is 1. The van der Waals surface area contributed by atoms with Crippen molar-refractivity contribution in [3.05, 3.63) is 51.7 Å². The van der Waals surface area contributed by atoms with E-state index in [-0.39, 0.29) is 0 Å². The molecule has 0 fully saturated rings. The van der Waals surface area contributed by atoms with E-state index in [0.717, 1.165) is 6.42 Å². The van der Waals surface area contributed by atoms with Crippen molar-refractivity contribution in [2.75, 3.05) is 0 Å². The molecule has 1 nitrogen and oxygen atoms in total. The molecule has 0 unspecified atom stereocenters. The Balaban J connectivity index is 2.41. The van der Waals surface area contributed by atoms with Crippen LogP contribution in [0.15, 0.2) is 18.3 Å². The lowest BCUT2D eigenvalue weighted by molar-refractivity contribution is 1.15. The van der Waals surface area contributed by atoms with Gasteiger partial charge in [0.2, 0.25) is 0 Å². The smallest absolute Gasteiger partial charge is 0.0743 e. The quantitative estimate of drug-likeness (QED) is 0.563. The van der Waals surface area contributed by atoms with Crippen LogP contribution in [0.2, 0.25) is 0 Å². The zero-order valence-corrected chi connectivity index (χ0v) is 10.9. The lowest BCUT2D eigenvalue weighted by atomic mass is 9.90. The summed E-state index contributed by atoms with van der Waals surface area (Å²) in [5.41, 5.74) is 11.2. The fraction of sp³-hybridized carbons (Fsp3) is 0.312. The number of pyridine rings is 1. The van der Waals surface area contributed by atoms with E-state index >= 15 is 0 Å². The Bertz CT molecular complexity index is 624. The van der Waals surface area contributed by atoms with Gasteiger partial charge in [-0.1, -0.05) is 6.07 Å². The highest BCUT2D eigenvalue weighted by atomic mass is 14.7. The van der Waals surface area contributed by atoms with Gasteiger partial charge in [0, 0.05) is 18.2 Å². The minimum atomic E-state index is 1.05. The molecular weight excluding hydrogens is 206 g/mol. The minimum absolute atomic E-state index is 1.05. The second-order valence-electron chi connectivity index (χ2n) is 5.04. The van der Waals surface area contributed by atoms with Gasteiger partial charge in [-0.05, 0) is 67.1 Å². The Morgan fingerprint density at radius 1 is 0.941 bits per heavy atom. The summed E-state index contributed by atoms with van der Waals surface area (Å²) in [4.78, 5) is 4.57. The molecule has 0 spiro atoms. The van der Waals surface area contributed by atoms with Gasteiger partial charge in [-0.3, -0.25) is 4.98 Å². The van der Waals surface area contributed by atoms with Crippen molar-refractivity contribution in [2.24, 2.45) is 0 Å². The summed E-state index contributed by atoms with van der Waals surface area (Å²) in [6.07, 6.45) is 2.95. The Labute approximate surface area is 103 Å². The van der Waals surface area contributed by atoms with Crippen LogP contribution >= 0.6 is 0 Å². The molecule has 0 amide bonds. The highest BCUT2D eigenvalue weighted by molar-refractivity contribution is 5.79. The zero-order valence-electron chi connectivity index (χ0n) is 10.9. The van der Waals surface area contributed by atoms with Crippen LogP contribution in [0.5, 0.6) is 0 Å². The number of hydrogen-bond acceptors (Lipinski definition) is 1. The predicted molar refractivity (Wildman–Crippen MR) is 71.4 cm³/mol. The first kappa shape index (κ1) is 10.5. The molecule has 2 aromatic rings. The lowest BCUT2D eigenvalue weighted by Crippen LogP contribution is -1.98. The molecule has 0 atom stereocenters. The van der Waals surface area contributed by atoms with Gasteiger partial charge in [0.25, 0.3) is 0 Å². The van der Waals surface area contributed by atoms with E-state index < -0.39 is 0 Å². The van der Waals surface area contributed by atoms with Crippen molar-refractivity contribution in [1.82, 2.24) is 4.98 Å². The third-order valence-corrected chi connectivity index (χ3v) is 4.31. The van der Waals surface area contributed by atoms with Crippen LogP contribution in [0.4, 0.5) is 0 Å². The van der Waals surface area contributed by atoms with E-state index in [2.05, 4.69) is 38.7 Å². The normalized spacial score (nSPS) is 12.5. The van der Waals surface area contributed by atoms with Crippen molar-refractivity contribution < 1.29 is 0 Å². The summed E-state index contributed by atoms with van der Waals surface area (Å²) >= 11 is 0. The molecule has 0 N–H and O–H groups in total. The maximum Gasteiger partial charge on any atom is 0.0743 e. The standard InChI is InChI=1S/C16H17N/c1-9-10(2)12(4)15-14(11(9)3)8-13-6-5-7-17-16(13)15/h5-7H,8H2,1-4H3. The number of hydrogen-bond donors (Lipinski definition) is 0. The second-order valence-corrected chi connectivity index (χ2v) is 5.04. The fourth-order valence-electron chi connectivity index (χ4n) is 2.93. The molecule has 0 bridgehead atoms. The molecule has 0 saturated carbocycles. The number of nitrogens with zero attached hydrogens (tertiary/aromatic N) is 1. The third-order valence-electron chi connectivity index (χ3n) is 4.31. The van der Waals surface area contributed by atoms with Gasteiger partial charge < -0.3 is 0 Å². The second kappa shape index (κ2) is 3.43. The molecule has 1 heteroatoms. The molecule has 1 aliphatic carbocycles. The highest BCUT2D eigenvalue weighted by Crippen LogP contribution is 2.41. The number of fused-ring (bicyclic) bond motifs is 3. The van der Waals surface area contributed by atoms with Crippen molar-refractivity contribution >= 4 is 0 Å². The first-order valence-electron chi connectivity index (χ1n) is 6.14. The van der Waals surface area contributed by atoms with Crippen LogP contribution in [0.1, 0.15) is 33.4 Å². The van der Waals surface area contributed by atoms with Gasteiger partial charge in [-0.15, -0.1) is 0 Å². The molecular formula is C16H17N. The lowest BCUT2D eigenvalue weighted by Gasteiger charge is -2.15. The molecule has 1 aliphatic rings. The van der Waals surface area contributed by atoms with Crippen LogP contribution in [0.25, 0.3) is 11.3 Å². The molecule has 1 aromatic carbocycles. The Morgan fingerprint density at radius 2 is 1.65 bits per heavy atom. The summed E-state index contributed by atoms with van der Waals surface area (Å²) in [5, 5.41) is 0.